The SMILES string of the molecule is CCCC(CS)(CCC)CSc1ccc(F)c(F)c1. The van der Waals surface area contributed by atoms with Crippen LogP contribution in [0.3, 0.4) is 0 Å². The molecule has 1 aromatic carbocycles. The molecule has 0 saturated carbocycles. The summed E-state index contributed by atoms with van der Waals surface area (Å²) >= 11 is 6.10. The second-order valence-electron chi connectivity index (χ2n) is 5.02. The van der Waals surface area contributed by atoms with E-state index in [1.165, 1.54) is 12.1 Å². The molecule has 0 spiro atoms. The summed E-state index contributed by atoms with van der Waals surface area (Å²) in [4.78, 5) is 0.789. The molecule has 4 heteroatoms. The number of thiol groups is 1. The van der Waals surface area contributed by atoms with Gasteiger partial charge in [0.1, 0.15) is 0 Å². The standard InChI is InChI=1S/C15H22F2S2/c1-3-7-15(10-18,8-4-2)11-19-12-5-6-13(16)14(17)9-12/h5-6,9,18H,3-4,7-8,10-11H2,1-2H3. The van der Waals surface area contributed by atoms with E-state index in [2.05, 4.69) is 26.5 Å². The number of thioether (sulfide) groups is 1. The van der Waals surface area contributed by atoms with E-state index in [9.17, 15) is 8.78 Å². The fourth-order valence-electron chi connectivity index (χ4n) is 2.34. The fourth-order valence-corrected chi connectivity index (χ4v) is 4.13. The lowest BCUT2D eigenvalue weighted by atomic mass is 9.83. The Kier molecular flexibility index (Phi) is 7.22. The Hall–Kier alpha value is -0.220. The van der Waals surface area contributed by atoms with Gasteiger partial charge in [-0.05, 0) is 42.2 Å². The highest BCUT2D eigenvalue weighted by atomic mass is 32.2. The van der Waals surface area contributed by atoms with Crippen LogP contribution in [0.5, 0.6) is 0 Å². The smallest absolute Gasteiger partial charge is 0.159 e. The first-order chi connectivity index (χ1) is 9.06. The lowest BCUT2D eigenvalue weighted by Gasteiger charge is -2.31. The van der Waals surface area contributed by atoms with Crippen molar-refractivity contribution in [2.45, 2.75) is 44.4 Å². The molecule has 0 aliphatic rings. The molecule has 0 atom stereocenters. The van der Waals surface area contributed by atoms with Crippen LogP contribution >= 0.6 is 24.4 Å². The molecular formula is C15H22F2S2. The van der Waals surface area contributed by atoms with Gasteiger partial charge in [-0.25, -0.2) is 8.78 Å². The largest absolute Gasteiger partial charge is 0.204 e. The summed E-state index contributed by atoms with van der Waals surface area (Å²) in [5.41, 5.74) is 0.197. The van der Waals surface area contributed by atoms with Gasteiger partial charge in [-0.1, -0.05) is 26.7 Å². The average molecular weight is 304 g/mol. The van der Waals surface area contributed by atoms with Crippen LogP contribution < -0.4 is 0 Å². The molecule has 0 fully saturated rings. The van der Waals surface area contributed by atoms with Gasteiger partial charge in [-0.2, -0.15) is 12.6 Å². The van der Waals surface area contributed by atoms with Crippen LogP contribution in [0.2, 0.25) is 0 Å². The van der Waals surface area contributed by atoms with Gasteiger partial charge in [0.25, 0.3) is 0 Å². The maximum absolute atomic E-state index is 13.2. The van der Waals surface area contributed by atoms with Crippen molar-refractivity contribution in [1.82, 2.24) is 0 Å². The third kappa shape index (κ3) is 4.99. The van der Waals surface area contributed by atoms with Gasteiger partial charge in [-0.3, -0.25) is 0 Å². The first-order valence-corrected chi connectivity index (χ1v) is 8.37. The van der Waals surface area contributed by atoms with Crippen molar-refractivity contribution in [1.29, 1.82) is 0 Å². The minimum atomic E-state index is -0.785. The average Bonchev–Trinajstić information content (AvgIpc) is 2.40. The molecule has 0 nitrogen and oxygen atoms in total. The van der Waals surface area contributed by atoms with E-state index in [4.69, 9.17) is 0 Å². The molecule has 0 heterocycles. The minimum Gasteiger partial charge on any atom is -0.204 e. The van der Waals surface area contributed by atoms with Crippen LogP contribution in [0.25, 0.3) is 0 Å². The van der Waals surface area contributed by atoms with E-state index in [1.807, 2.05) is 0 Å². The molecule has 108 valence electrons. The normalized spacial score (nSPS) is 11.8. The van der Waals surface area contributed by atoms with Crippen molar-refractivity contribution in [3.63, 3.8) is 0 Å². The Bertz CT molecular complexity index is 388. The van der Waals surface area contributed by atoms with Crippen molar-refractivity contribution >= 4 is 24.4 Å². The lowest BCUT2D eigenvalue weighted by molar-refractivity contribution is 0.318. The van der Waals surface area contributed by atoms with E-state index in [-0.39, 0.29) is 5.41 Å². The number of hydrogen-bond acceptors (Lipinski definition) is 2. The van der Waals surface area contributed by atoms with Crippen molar-refractivity contribution in [2.75, 3.05) is 11.5 Å². The van der Waals surface area contributed by atoms with Crippen LogP contribution in [-0.4, -0.2) is 11.5 Å². The third-order valence-electron chi connectivity index (χ3n) is 3.33. The van der Waals surface area contributed by atoms with E-state index < -0.39 is 11.6 Å². The van der Waals surface area contributed by atoms with Crippen molar-refractivity contribution in [2.24, 2.45) is 5.41 Å². The third-order valence-corrected chi connectivity index (χ3v) is 5.35. The van der Waals surface area contributed by atoms with E-state index in [1.54, 1.807) is 17.8 Å². The second-order valence-corrected chi connectivity index (χ2v) is 6.39. The van der Waals surface area contributed by atoms with Gasteiger partial charge in [-0.15, -0.1) is 11.8 Å². The summed E-state index contributed by atoms with van der Waals surface area (Å²) in [7, 11) is 0. The van der Waals surface area contributed by atoms with Gasteiger partial charge < -0.3 is 0 Å². The first-order valence-electron chi connectivity index (χ1n) is 6.75. The number of benzene rings is 1. The summed E-state index contributed by atoms with van der Waals surface area (Å²) in [6, 6.07) is 4.12. The number of halogens is 2. The quantitative estimate of drug-likeness (QED) is 0.483. The highest BCUT2D eigenvalue weighted by molar-refractivity contribution is 7.99. The molecule has 0 radical (unpaired) electrons. The number of rotatable bonds is 8. The van der Waals surface area contributed by atoms with Crippen molar-refractivity contribution < 1.29 is 8.78 Å². The molecular weight excluding hydrogens is 282 g/mol. The zero-order valence-electron chi connectivity index (χ0n) is 11.6. The van der Waals surface area contributed by atoms with Crippen LogP contribution in [0.4, 0.5) is 8.78 Å². The van der Waals surface area contributed by atoms with Crippen LogP contribution in [0, 0.1) is 17.0 Å². The summed E-state index contributed by atoms with van der Waals surface area (Å²) in [5, 5.41) is 0. The van der Waals surface area contributed by atoms with Gasteiger partial charge in [0.15, 0.2) is 11.6 Å². The predicted octanol–water partition coefficient (Wildman–Crippen LogP) is 5.57. The topological polar surface area (TPSA) is 0 Å². The molecule has 0 aliphatic heterocycles. The highest BCUT2D eigenvalue weighted by Crippen LogP contribution is 2.37. The molecule has 19 heavy (non-hydrogen) atoms. The van der Waals surface area contributed by atoms with Gasteiger partial charge in [0.05, 0.1) is 0 Å². The maximum Gasteiger partial charge on any atom is 0.159 e. The van der Waals surface area contributed by atoms with Crippen molar-refractivity contribution in [3.05, 3.63) is 29.8 Å². The highest BCUT2D eigenvalue weighted by Gasteiger charge is 2.27. The van der Waals surface area contributed by atoms with Crippen molar-refractivity contribution in [3.8, 4) is 0 Å². The second kappa shape index (κ2) is 8.15. The van der Waals surface area contributed by atoms with Crippen LogP contribution in [0.15, 0.2) is 23.1 Å². The Morgan fingerprint density at radius 2 is 1.74 bits per heavy atom. The molecule has 0 saturated heterocycles. The molecule has 0 amide bonds. The monoisotopic (exact) mass is 304 g/mol. The molecule has 0 unspecified atom stereocenters. The van der Waals surface area contributed by atoms with Gasteiger partial charge in [0, 0.05) is 10.6 Å². The van der Waals surface area contributed by atoms with Crippen LogP contribution in [-0.2, 0) is 0 Å². The summed E-state index contributed by atoms with van der Waals surface area (Å²) in [6.45, 7) is 4.35. The Morgan fingerprint density at radius 1 is 1.11 bits per heavy atom. The molecule has 0 bridgehead atoms. The lowest BCUT2D eigenvalue weighted by Crippen LogP contribution is -2.25. The van der Waals surface area contributed by atoms with Gasteiger partial charge >= 0.3 is 0 Å². The Balaban J connectivity index is 2.71. The van der Waals surface area contributed by atoms with E-state index >= 15 is 0 Å². The molecule has 1 aromatic rings. The van der Waals surface area contributed by atoms with Crippen LogP contribution in [0.1, 0.15) is 39.5 Å². The Morgan fingerprint density at radius 3 is 2.21 bits per heavy atom. The maximum atomic E-state index is 13.2. The minimum absolute atomic E-state index is 0.197. The van der Waals surface area contributed by atoms with E-state index in [0.29, 0.717) is 0 Å². The zero-order valence-corrected chi connectivity index (χ0v) is 13.3. The zero-order chi connectivity index (χ0) is 14.3. The molecule has 0 aliphatic carbocycles. The summed E-state index contributed by atoms with van der Waals surface area (Å²) in [5.74, 6) is 0.189. The summed E-state index contributed by atoms with van der Waals surface area (Å²) < 4.78 is 26.1. The molecule has 1 rings (SSSR count). The van der Waals surface area contributed by atoms with E-state index in [0.717, 1.165) is 42.1 Å². The Labute approximate surface area is 124 Å². The predicted molar refractivity (Wildman–Crippen MR) is 83.2 cm³/mol. The number of hydrogen-bond donors (Lipinski definition) is 1. The fraction of sp³-hybridized carbons (Fsp3) is 0.600. The molecule has 0 aromatic heterocycles. The van der Waals surface area contributed by atoms with Gasteiger partial charge in [0.2, 0.25) is 0 Å². The first kappa shape index (κ1) is 16.8. The summed E-state index contributed by atoms with van der Waals surface area (Å²) in [6.07, 6.45) is 4.50. The molecule has 0 N–H and O–H groups in total.